The van der Waals surface area contributed by atoms with E-state index in [0.717, 1.165) is 6.92 Å². The number of sulfone groups is 1. The van der Waals surface area contributed by atoms with Crippen molar-refractivity contribution in [1.29, 1.82) is 0 Å². The van der Waals surface area contributed by atoms with E-state index in [-0.39, 0.29) is 19.3 Å². The van der Waals surface area contributed by atoms with E-state index in [1.165, 1.54) is 12.2 Å². The number of aliphatic carboxylic acids is 2. The zero-order chi connectivity index (χ0) is 19.0. The van der Waals surface area contributed by atoms with Crippen LogP contribution in [0.25, 0.3) is 6.08 Å². The van der Waals surface area contributed by atoms with E-state index >= 15 is 0 Å². The maximum atomic E-state index is 12.5. The molecule has 0 saturated carbocycles. The van der Waals surface area contributed by atoms with Crippen LogP contribution in [0.3, 0.4) is 0 Å². The molecule has 0 bridgehead atoms. The highest BCUT2D eigenvalue weighted by molar-refractivity contribution is 7.93. The van der Waals surface area contributed by atoms with Crippen molar-refractivity contribution >= 4 is 27.9 Å². The fourth-order valence-corrected chi connectivity index (χ4v) is 3.85. The van der Waals surface area contributed by atoms with Gasteiger partial charge < -0.3 is 15.3 Å². The van der Waals surface area contributed by atoms with Crippen LogP contribution in [-0.4, -0.2) is 52.3 Å². The number of carboxylic acids is 2. The number of hydrogen-bond acceptors (Lipinski definition) is 5. The maximum absolute atomic E-state index is 12.5. The van der Waals surface area contributed by atoms with Crippen LogP contribution in [0.5, 0.6) is 0 Å². The van der Waals surface area contributed by atoms with Crippen molar-refractivity contribution in [3.05, 3.63) is 42.0 Å². The Labute approximate surface area is 146 Å². The van der Waals surface area contributed by atoms with Gasteiger partial charge in [-0.2, -0.15) is 0 Å². The molecule has 1 aromatic carbocycles. The molecule has 0 saturated heterocycles. The fraction of sp³-hybridized carbons (Fsp3) is 0.412. The summed E-state index contributed by atoms with van der Waals surface area (Å²) in [5, 5.41) is 24.8. The average Bonchev–Trinajstić information content (AvgIpc) is 2.54. The number of hydrogen-bond donors (Lipinski definition) is 3. The second-order valence-electron chi connectivity index (χ2n) is 5.66. The Morgan fingerprint density at radius 3 is 2.28 bits per heavy atom. The Hall–Kier alpha value is -2.19. The quantitative estimate of drug-likeness (QED) is 0.570. The highest BCUT2D eigenvalue weighted by Gasteiger charge is 2.38. The topological polar surface area (TPSA) is 129 Å². The highest BCUT2D eigenvalue weighted by Crippen LogP contribution is 2.20. The van der Waals surface area contributed by atoms with Gasteiger partial charge in [0.15, 0.2) is 15.1 Å². The molecular formula is C17H22O7S. The minimum Gasteiger partial charge on any atom is -0.481 e. The van der Waals surface area contributed by atoms with Gasteiger partial charge in [-0.1, -0.05) is 42.5 Å². The molecule has 0 amide bonds. The second-order valence-corrected chi connectivity index (χ2v) is 8.09. The molecule has 0 heterocycles. The summed E-state index contributed by atoms with van der Waals surface area (Å²) in [5.74, 6) is -2.55. The van der Waals surface area contributed by atoms with Gasteiger partial charge in [0.2, 0.25) is 0 Å². The summed E-state index contributed by atoms with van der Waals surface area (Å²) < 4.78 is 25.0. The lowest BCUT2D eigenvalue weighted by molar-refractivity contribution is -0.137. The Morgan fingerprint density at radius 1 is 1.16 bits per heavy atom. The molecule has 0 radical (unpaired) electrons. The maximum Gasteiger partial charge on any atom is 0.321 e. The van der Waals surface area contributed by atoms with Crippen molar-refractivity contribution in [1.82, 2.24) is 0 Å². The molecule has 0 fully saturated rings. The lowest BCUT2D eigenvalue weighted by atomic mass is 10.1. The third-order valence-corrected chi connectivity index (χ3v) is 6.18. The number of aliphatic hydroxyl groups excluding tert-OH is 1. The summed E-state index contributed by atoms with van der Waals surface area (Å²) in [7, 11) is -4.20. The number of benzene rings is 1. The van der Waals surface area contributed by atoms with E-state index in [1.807, 2.05) is 0 Å². The summed E-state index contributed by atoms with van der Waals surface area (Å²) in [4.78, 5) is 21.7. The first-order chi connectivity index (χ1) is 11.7. The van der Waals surface area contributed by atoms with Crippen molar-refractivity contribution in [3.63, 3.8) is 0 Å². The minimum absolute atomic E-state index is 0.0678. The zero-order valence-electron chi connectivity index (χ0n) is 13.8. The van der Waals surface area contributed by atoms with Crippen molar-refractivity contribution in [3.8, 4) is 0 Å². The molecule has 0 aromatic heterocycles. The number of carbonyl (C=O) groups is 2. The molecule has 3 atom stereocenters. The molecule has 25 heavy (non-hydrogen) atoms. The third-order valence-electron chi connectivity index (χ3n) is 3.77. The van der Waals surface area contributed by atoms with Crippen molar-refractivity contribution in [2.45, 2.75) is 42.8 Å². The number of carboxylic acid groups (broad SMARTS) is 2. The Bertz CT molecular complexity index is 710. The molecule has 0 aliphatic heterocycles. The lowest BCUT2D eigenvalue weighted by Gasteiger charge is -2.22. The molecule has 1 rings (SSSR count). The van der Waals surface area contributed by atoms with Gasteiger partial charge >= 0.3 is 11.9 Å². The molecular weight excluding hydrogens is 348 g/mol. The number of rotatable bonds is 10. The Balaban J connectivity index is 3.06. The molecule has 3 unspecified atom stereocenters. The first kappa shape index (κ1) is 20.9. The summed E-state index contributed by atoms with van der Waals surface area (Å²) in [5.41, 5.74) is 0.698. The van der Waals surface area contributed by atoms with E-state index in [2.05, 4.69) is 0 Å². The van der Waals surface area contributed by atoms with Gasteiger partial charge in [0, 0.05) is 6.42 Å². The lowest BCUT2D eigenvalue weighted by Crippen LogP contribution is -2.41. The van der Waals surface area contributed by atoms with E-state index in [9.17, 15) is 23.1 Å². The number of aliphatic hydroxyl groups is 1. The molecule has 1 aromatic rings. The van der Waals surface area contributed by atoms with Gasteiger partial charge in [0.1, 0.15) is 5.25 Å². The van der Waals surface area contributed by atoms with E-state index in [1.54, 1.807) is 30.3 Å². The second kappa shape index (κ2) is 9.33. The van der Waals surface area contributed by atoms with Crippen LogP contribution in [0.4, 0.5) is 0 Å². The van der Waals surface area contributed by atoms with Gasteiger partial charge in [0.25, 0.3) is 0 Å². The predicted octanol–water partition coefficient (Wildman–Crippen LogP) is 1.57. The van der Waals surface area contributed by atoms with Gasteiger partial charge in [-0.15, -0.1) is 0 Å². The largest absolute Gasteiger partial charge is 0.481 e. The molecule has 8 heteroatoms. The smallest absolute Gasteiger partial charge is 0.321 e. The highest BCUT2D eigenvalue weighted by atomic mass is 32.2. The van der Waals surface area contributed by atoms with Crippen LogP contribution >= 0.6 is 0 Å². The first-order valence-electron chi connectivity index (χ1n) is 7.75. The van der Waals surface area contributed by atoms with Gasteiger partial charge in [-0.05, 0) is 25.3 Å². The molecule has 0 spiro atoms. The first-order valence-corrected chi connectivity index (χ1v) is 9.36. The van der Waals surface area contributed by atoms with Gasteiger partial charge in [-0.25, -0.2) is 8.42 Å². The molecule has 0 aliphatic carbocycles. The molecule has 3 N–H and O–H groups in total. The monoisotopic (exact) mass is 370 g/mol. The molecule has 0 aliphatic rings. The zero-order valence-corrected chi connectivity index (χ0v) is 14.6. The van der Waals surface area contributed by atoms with Gasteiger partial charge in [0.05, 0.1) is 6.10 Å². The van der Waals surface area contributed by atoms with Crippen molar-refractivity contribution in [2.24, 2.45) is 0 Å². The standard InChI is InChI=1S/C17H22O7S/c1-12(17(21)22)25(23,24)15(14(18)8-5-9-16(19)20)11-10-13-6-3-2-4-7-13/h2-4,6-7,10-12,14-15,18H,5,8-9H2,1H3,(H,19,20)(H,21,22)/b11-10+. The summed E-state index contributed by atoms with van der Waals surface area (Å²) >= 11 is 0. The third kappa shape index (κ3) is 6.32. The minimum atomic E-state index is -4.20. The van der Waals surface area contributed by atoms with E-state index in [0.29, 0.717) is 5.56 Å². The van der Waals surface area contributed by atoms with Crippen LogP contribution in [-0.2, 0) is 19.4 Å². The Morgan fingerprint density at radius 2 is 1.76 bits per heavy atom. The fourth-order valence-electron chi connectivity index (χ4n) is 2.23. The van der Waals surface area contributed by atoms with Crippen LogP contribution in [0.2, 0.25) is 0 Å². The molecule has 138 valence electrons. The summed E-state index contributed by atoms with van der Waals surface area (Å²) in [6, 6.07) is 8.77. The van der Waals surface area contributed by atoms with Gasteiger partial charge in [-0.3, -0.25) is 9.59 Å². The summed E-state index contributed by atoms with van der Waals surface area (Å²) in [6.45, 7) is 1.05. The Kier molecular flexibility index (Phi) is 7.79. The van der Waals surface area contributed by atoms with Crippen LogP contribution in [0.15, 0.2) is 36.4 Å². The van der Waals surface area contributed by atoms with E-state index < -0.39 is 38.4 Å². The van der Waals surface area contributed by atoms with E-state index in [4.69, 9.17) is 10.2 Å². The average molecular weight is 370 g/mol. The predicted molar refractivity (Wildman–Crippen MR) is 92.8 cm³/mol. The van der Waals surface area contributed by atoms with Crippen LogP contribution < -0.4 is 0 Å². The van der Waals surface area contributed by atoms with Crippen LogP contribution in [0.1, 0.15) is 31.7 Å². The normalized spacial score (nSPS) is 15.6. The van der Waals surface area contributed by atoms with Crippen molar-refractivity contribution in [2.75, 3.05) is 0 Å². The molecule has 7 nitrogen and oxygen atoms in total. The SMILES string of the molecule is CC(C(=O)O)S(=O)(=O)C(/C=C/c1ccccc1)C(O)CCCC(=O)O. The van der Waals surface area contributed by atoms with Crippen molar-refractivity contribution < 1.29 is 33.3 Å². The van der Waals surface area contributed by atoms with Crippen LogP contribution in [0, 0.1) is 0 Å². The summed E-state index contributed by atoms with van der Waals surface area (Å²) in [6.07, 6.45) is 1.17.